The number of rotatable bonds is 5. The van der Waals surface area contributed by atoms with Gasteiger partial charge in [0.05, 0.1) is 10.6 Å². The zero-order chi connectivity index (χ0) is 18.1. The van der Waals surface area contributed by atoms with Crippen molar-refractivity contribution in [1.29, 1.82) is 0 Å². The first-order valence-corrected chi connectivity index (χ1v) is 9.47. The minimum Gasteiger partial charge on any atom is -0.279 e. The largest absolute Gasteiger partial charge is 0.279 e. The number of halogens is 2. The van der Waals surface area contributed by atoms with Gasteiger partial charge in [-0.05, 0) is 30.3 Å². The summed E-state index contributed by atoms with van der Waals surface area (Å²) in [7, 11) is -5.71. The monoisotopic (exact) mass is 376 g/mol. The lowest BCUT2D eigenvalue weighted by Crippen LogP contribution is -2.22. The lowest BCUT2D eigenvalue weighted by Gasteiger charge is -2.13. The molecule has 0 aliphatic rings. The van der Waals surface area contributed by atoms with Gasteiger partial charge in [-0.25, -0.2) is 29.9 Å². The Labute approximate surface area is 138 Å². The summed E-state index contributed by atoms with van der Waals surface area (Å²) in [5.74, 6) is -2.50. The summed E-state index contributed by atoms with van der Waals surface area (Å²) in [4.78, 5) is -1.30. The van der Waals surface area contributed by atoms with Crippen molar-refractivity contribution in [1.82, 2.24) is 4.31 Å². The van der Waals surface area contributed by atoms with Gasteiger partial charge in [0, 0.05) is 14.1 Å². The molecule has 6 nitrogen and oxygen atoms in total. The molecule has 0 amide bonds. The molecule has 10 heteroatoms. The molecule has 0 bridgehead atoms. The predicted octanol–water partition coefficient (Wildman–Crippen LogP) is 2.02. The van der Waals surface area contributed by atoms with Crippen LogP contribution in [0.15, 0.2) is 52.3 Å². The summed E-state index contributed by atoms with van der Waals surface area (Å²) in [5, 5.41) is 0. The summed E-state index contributed by atoms with van der Waals surface area (Å²) in [6.45, 7) is 0. The van der Waals surface area contributed by atoms with Crippen molar-refractivity contribution in [2.24, 2.45) is 0 Å². The molecule has 2 aromatic rings. The van der Waals surface area contributed by atoms with Crippen molar-refractivity contribution < 1.29 is 25.6 Å². The number of anilines is 1. The second-order valence-electron chi connectivity index (χ2n) is 4.97. The minimum absolute atomic E-state index is 0.138. The van der Waals surface area contributed by atoms with E-state index in [9.17, 15) is 25.6 Å². The van der Waals surface area contributed by atoms with Crippen LogP contribution in [0.2, 0.25) is 0 Å². The predicted molar refractivity (Wildman–Crippen MR) is 84.5 cm³/mol. The van der Waals surface area contributed by atoms with E-state index in [1.165, 1.54) is 32.3 Å². The number of hydrogen-bond acceptors (Lipinski definition) is 4. The minimum atomic E-state index is -4.57. The fraction of sp³-hybridized carbons (Fsp3) is 0.143. The average Bonchev–Trinajstić information content (AvgIpc) is 2.46. The second-order valence-corrected chi connectivity index (χ2v) is 8.74. The van der Waals surface area contributed by atoms with Gasteiger partial charge in [0.15, 0.2) is 4.90 Å². The standard InChI is InChI=1S/C14H14F2N2O4S2/c1-18(2)24(21,22)11-6-3-5-10(9-11)17-23(19,20)14-12(15)7-4-8-13(14)16/h3-9,17H,1-2H3. The number of sulfonamides is 2. The zero-order valence-corrected chi connectivity index (χ0v) is 14.3. The fourth-order valence-corrected chi connectivity index (χ4v) is 4.01. The molecule has 0 unspecified atom stereocenters. The summed E-state index contributed by atoms with van der Waals surface area (Å²) in [6.07, 6.45) is 0. The topological polar surface area (TPSA) is 83.6 Å². The van der Waals surface area contributed by atoms with Crippen molar-refractivity contribution in [3.05, 3.63) is 54.1 Å². The van der Waals surface area contributed by atoms with E-state index in [-0.39, 0.29) is 10.6 Å². The molecular weight excluding hydrogens is 362 g/mol. The molecule has 0 radical (unpaired) electrons. The van der Waals surface area contributed by atoms with E-state index in [0.29, 0.717) is 0 Å². The molecule has 2 aromatic carbocycles. The van der Waals surface area contributed by atoms with Crippen LogP contribution in [0.4, 0.5) is 14.5 Å². The molecule has 0 spiro atoms. The molecule has 0 fully saturated rings. The third-order valence-electron chi connectivity index (χ3n) is 3.05. The van der Waals surface area contributed by atoms with Crippen LogP contribution >= 0.6 is 0 Å². The molecule has 0 atom stereocenters. The van der Waals surface area contributed by atoms with Crippen molar-refractivity contribution in [2.75, 3.05) is 18.8 Å². The Morgan fingerprint density at radius 1 is 0.917 bits per heavy atom. The molecule has 0 aromatic heterocycles. The number of hydrogen-bond donors (Lipinski definition) is 1. The van der Waals surface area contributed by atoms with Crippen molar-refractivity contribution >= 4 is 25.7 Å². The van der Waals surface area contributed by atoms with Crippen molar-refractivity contribution in [2.45, 2.75) is 9.79 Å². The number of nitrogens with zero attached hydrogens (tertiary/aromatic N) is 1. The van der Waals surface area contributed by atoms with Crippen LogP contribution in [0.5, 0.6) is 0 Å². The van der Waals surface area contributed by atoms with Crippen molar-refractivity contribution in [3.63, 3.8) is 0 Å². The molecule has 1 N–H and O–H groups in total. The van der Waals surface area contributed by atoms with Crippen LogP contribution in [-0.4, -0.2) is 35.2 Å². The van der Waals surface area contributed by atoms with E-state index in [2.05, 4.69) is 0 Å². The Hall–Kier alpha value is -2.04. The van der Waals surface area contributed by atoms with Crippen LogP contribution in [0.1, 0.15) is 0 Å². The van der Waals surface area contributed by atoms with Gasteiger partial charge in [-0.3, -0.25) is 4.72 Å². The lowest BCUT2D eigenvalue weighted by atomic mass is 10.3. The third-order valence-corrected chi connectivity index (χ3v) is 6.30. The van der Waals surface area contributed by atoms with Gasteiger partial charge < -0.3 is 0 Å². The number of benzene rings is 2. The molecule has 0 saturated heterocycles. The van der Waals surface area contributed by atoms with Gasteiger partial charge in [0.2, 0.25) is 10.0 Å². The molecule has 2 rings (SSSR count). The zero-order valence-electron chi connectivity index (χ0n) is 12.7. The first kappa shape index (κ1) is 18.3. The van der Waals surface area contributed by atoms with Gasteiger partial charge in [-0.1, -0.05) is 12.1 Å². The highest BCUT2D eigenvalue weighted by Crippen LogP contribution is 2.24. The second kappa shape index (κ2) is 6.46. The van der Waals surface area contributed by atoms with E-state index >= 15 is 0 Å². The quantitative estimate of drug-likeness (QED) is 0.865. The van der Waals surface area contributed by atoms with Gasteiger partial charge >= 0.3 is 0 Å². The molecule has 0 heterocycles. The van der Waals surface area contributed by atoms with Gasteiger partial charge in [-0.2, -0.15) is 0 Å². The third kappa shape index (κ3) is 3.55. The van der Waals surface area contributed by atoms with Gasteiger partial charge in [0.25, 0.3) is 10.0 Å². The Morgan fingerprint density at radius 3 is 2.00 bits per heavy atom. The highest BCUT2D eigenvalue weighted by molar-refractivity contribution is 7.92. The Balaban J connectivity index is 2.45. The van der Waals surface area contributed by atoms with E-state index in [4.69, 9.17) is 0 Å². The van der Waals surface area contributed by atoms with Crippen LogP contribution < -0.4 is 4.72 Å². The van der Waals surface area contributed by atoms with Crippen molar-refractivity contribution in [3.8, 4) is 0 Å². The van der Waals surface area contributed by atoms with Crippen LogP contribution in [0.3, 0.4) is 0 Å². The van der Waals surface area contributed by atoms with Crippen LogP contribution in [-0.2, 0) is 20.0 Å². The average molecular weight is 376 g/mol. The summed E-state index contributed by atoms with van der Waals surface area (Å²) >= 11 is 0. The maximum absolute atomic E-state index is 13.7. The van der Waals surface area contributed by atoms with Gasteiger partial charge in [-0.15, -0.1) is 0 Å². The van der Waals surface area contributed by atoms with E-state index < -0.39 is 36.6 Å². The maximum Gasteiger partial charge on any atom is 0.267 e. The summed E-state index contributed by atoms with van der Waals surface area (Å²) in [5.41, 5.74) is -0.138. The normalized spacial score (nSPS) is 12.4. The first-order chi connectivity index (χ1) is 11.1. The molecule has 0 saturated carbocycles. The number of nitrogens with one attached hydrogen (secondary N) is 1. The van der Waals surface area contributed by atoms with Crippen LogP contribution in [0, 0.1) is 11.6 Å². The highest BCUT2D eigenvalue weighted by Gasteiger charge is 2.25. The smallest absolute Gasteiger partial charge is 0.267 e. The van der Waals surface area contributed by atoms with E-state index in [1.807, 2.05) is 4.72 Å². The Bertz CT molecular complexity index is 954. The SMILES string of the molecule is CN(C)S(=O)(=O)c1cccc(NS(=O)(=O)c2c(F)cccc2F)c1. The molecular formula is C14H14F2N2O4S2. The molecule has 24 heavy (non-hydrogen) atoms. The lowest BCUT2D eigenvalue weighted by molar-refractivity contribution is 0.519. The Morgan fingerprint density at radius 2 is 1.46 bits per heavy atom. The van der Waals surface area contributed by atoms with E-state index in [0.717, 1.165) is 28.6 Å². The highest BCUT2D eigenvalue weighted by atomic mass is 32.2. The molecule has 130 valence electrons. The van der Waals surface area contributed by atoms with E-state index in [1.54, 1.807) is 0 Å². The van der Waals surface area contributed by atoms with Crippen LogP contribution in [0.25, 0.3) is 0 Å². The molecule has 0 aliphatic heterocycles. The summed E-state index contributed by atoms with van der Waals surface area (Å²) < 4.78 is 78.7. The maximum atomic E-state index is 13.7. The molecule has 0 aliphatic carbocycles. The van der Waals surface area contributed by atoms with Gasteiger partial charge in [0.1, 0.15) is 11.6 Å². The fourth-order valence-electron chi connectivity index (χ4n) is 1.88. The summed E-state index contributed by atoms with van der Waals surface area (Å²) in [6, 6.07) is 7.57. The Kier molecular flexibility index (Phi) is 4.92. The first-order valence-electron chi connectivity index (χ1n) is 6.55.